The van der Waals surface area contributed by atoms with Gasteiger partial charge in [-0.2, -0.15) is 5.10 Å². The molecule has 6 nitrogen and oxygen atoms in total. The zero-order valence-electron chi connectivity index (χ0n) is 15.8. The number of hydrogen-bond donors (Lipinski definition) is 1. The molecule has 0 spiro atoms. The molecule has 0 saturated heterocycles. The third-order valence-corrected chi connectivity index (χ3v) is 4.72. The van der Waals surface area contributed by atoms with E-state index < -0.39 is 0 Å². The molecule has 4 aromatic rings. The van der Waals surface area contributed by atoms with Crippen molar-refractivity contribution in [3.8, 4) is 16.9 Å². The first-order valence-electron chi connectivity index (χ1n) is 9.10. The van der Waals surface area contributed by atoms with E-state index in [0.29, 0.717) is 17.8 Å². The Bertz CT molecular complexity index is 1100. The predicted octanol–water partition coefficient (Wildman–Crippen LogP) is 3.51. The number of para-hydroxylation sites is 1. The van der Waals surface area contributed by atoms with E-state index in [1.165, 1.54) is 0 Å². The zero-order chi connectivity index (χ0) is 19.5. The van der Waals surface area contributed by atoms with Crippen molar-refractivity contribution in [1.82, 2.24) is 24.6 Å². The quantitative estimate of drug-likeness (QED) is 0.584. The van der Waals surface area contributed by atoms with Gasteiger partial charge in [-0.3, -0.25) is 4.79 Å². The maximum atomic E-state index is 13.1. The molecule has 0 aliphatic rings. The highest BCUT2D eigenvalue weighted by Gasteiger charge is 2.23. The van der Waals surface area contributed by atoms with Gasteiger partial charge in [-0.1, -0.05) is 48.5 Å². The van der Waals surface area contributed by atoms with Gasteiger partial charge in [0.2, 0.25) is 0 Å². The average Bonchev–Trinajstić information content (AvgIpc) is 3.30. The van der Waals surface area contributed by atoms with Crippen LogP contribution in [-0.4, -0.2) is 25.2 Å². The van der Waals surface area contributed by atoms with E-state index in [4.69, 9.17) is 5.10 Å². The minimum atomic E-state index is -0.165. The smallest absolute Gasteiger partial charge is 0.255 e. The summed E-state index contributed by atoms with van der Waals surface area (Å²) in [5, 5.41) is 7.75. The first kappa shape index (κ1) is 17.7. The van der Waals surface area contributed by atoms with E-state index in [2.05, 4.69) is 10.3 Å². The summed E-state index contributed by atoms with van der Waals surface area (Å²) in [6.07, 6.45) is 3.57. The largest absolute Gasteiger partial charge is 0.345 e. The molecule has 2 aromatic heterocycles. The summed E-state index contributed by atoms with van der Waals surface area (Å²) >= 11 is 0. The molecule has 0 unspecified atom stereocenters. The normalized spacial score (nSPS) is 10.8. The van der Waals surface area contributed by atoms with Crippen LogP contribution >= 0.6 is 0 Å². The molecule has 0 aliphatic heterocycles. The van der Waals surface area contributed by atoms with E-state index in [1.807, 2.05) is 90.1 Å². The standard InChI is InChI=1S/C22H21N5O/c1-16-20(22(28)24-15-19-23-13-14-26(19)2)21(17-9-5-3-6-10-17)25-27(16)18-11-7-4-8-12-18/h3-14H,15H2,1-2H3,(H,24,28). The van der Waals surface area contributed by atoms with Gasteiger partial charge in [-0.05, 0) is 19.1 Å². The van der Waals surface area contributed by atoms with Gasteiger partial charge in [0.25, 0.3) is 5.91 Å². The second-order valence-electron chi connectivity index (χ2n) is 6.56. The number of nitrogens with one attached hydrogen (secondary N) is 1. The first-order chi connectivity index (χ1) is 13.6. The molecule has 0 bridgehead atoms. The topological polar surface area (TPSA) is 64.7 Å². The van der Waals surface area contributed by atoms with Gasteiger partial charge in [-0.15, -0.1) is 0 Å². The fourth-order valence-electron chi connectivity index (χ4n) is 3.21. The molecule has 0 saturated carbocycles. The van der Waals surface area contributed by atoms with Crippen LogP contribution in [0, 0.1) is 6.92 Å². The van der Waals surface area contributed by atoms with Crippen LogP contribution in [0.1, 0.15) is 21.9 Å². The summed E-state index contributed by atoms with van der Waals surface area (Å²) in [6, 6.07) is 19.6. The molecule has 6 heteroatoms. The van der Waals surface area contributed by atoms with Crippen LogP contribution in [0.15, 0.2) is 73.1 Å². The van der Waals surface area contributed by atoms with Gasteiger partial charge < -0.3 is 9.88 Å². The number of rotatable bonds is 5. The first-order valence-corrected chi connectivity index (χ1v) is 9.10. The van der Waals surface area contributed by atoms with Crippen LogP contribution < -0.4 is 5.32 Å². The Balaban J connectivity index is 1.75. The van der Waals surface area contributed by atoms with Crippen molar-refractivity contribution in [1.29, 1.82) is 0 Å². The fraction of sp³-hybridized carbons (Fsp3) is 0.136. The molecular formula is C22H21N5O. The van der Waals surface area contributed by atoms with E-state index >= 15 is 0 Å². The Hall–Kier alpha value is -3.67. The third kappa shape index (κ3) is 3.32. The van der Waals surface area contributed by atoms with Crippen molar-refractivity contribution < 1.29 is 4.79 Å². The molecule has 1 N–H and O–H groups in total. The highest BCUT2D eigenvalue weighted by molar-refractivity contribution is 6.01. The highest BCUT2D eigenvalue weighted by atomic mass is 16.1. The van der Waals surface area contributed by atoms with Crippen molar-refractivity contribution in [3.05, 3.63) is 90.1 Å². The molecule has 0 aliphatic carbocycles. The lowest BCUT2D eigenvalue weighted by atomic mass is 10.1. The lowest BCUT2D eigenvalue weighted by Crippen LogP contribution is -2.25. The molecule has 4 rings (SSSR count). The summed E-state index contributed by atoms with van der Waals surface area (Å²) in [5.41, 5.74) is 3.86. The number of nitrogens with zero attached hydrogens (tertiary/aromatic N) is 4. The molecule has 0 radical (unpaired) electrons. The molecular weight excluding hydrogens is 350 g/mol. The maximum absolute atomic E-state index is 13.1. The van der Waals surface area contributed by atoms with E-state index in [1.54, 1.807) is 6.20 Å². The number of aromatic nitrogens is 4. The van der Waals surface area contributed by atoms with E-state index in [9.17, 15) is 4.79 Å². The van der Waals surface area contributed by atoms with Crippen molar-refractivity contribution in [2.24, 2.45) is 7.05 Å². The number of aryl methyl sites for hydroxylation is 1. The van der Waals surface area contributed by atoms with Crippen molar-refractivity contribution in [2.45, 2.75) is 13.5 Å². The van der Waals surface area contributed by atoms with Gasteiger partial charge in [0.1, 0.15) is 11.5 Å². The van der Waals surface area contributed by atoms with Crippen molar-refractivity contribution >= 4 is 5.91 Å². The Morgan fingerprint density at radius 2 is 1.71 bits per heavy atom. The SMILES string of the molecule is Cc1c(C(=O)NCc2nccn2C)c(-c2ccccc2)nn1-c1ccccc1. The summed E-state index contributed by atoms with van der Waals surface area (Å²) in [4.78, 5) is 17.4. The van der Waals surface area contributed by atoms with Crippen LogP contribution in [0.4, 0.5) is 0 Å². The summed E-state index contributed by atoms with van der Waals surface area (Å²) in [5.74, 6) is 0.629. The fourth-order valence-corrected chi connectivity index (χ4v) is 3.21. The number of imidazole rings is 1. The summed E-state index contributed by atoms with van der Waals surface area (Å²) < 4.78 is 3.71. The number of carbonyl (C=O) groups is 1. The van der Waals surface area contributed by atoms with Crippen molar-refractivity contribution in [3.63, 3.8) is 0 Å². The number of hydrogen-bond acceptors (Lipinski definition) is 3. The minimum absolute atomic E-state index is 0.165. The molecule has 2 heterocycles. The minimum Gasteiger partial charge on any atom is -0.345 e. The lowest BCUT2D eigenvalue weighted by molar-refractivity contribution is 0.0949. The second kappa shape index (κ2) is 7.52. The Labute approximate surface area is 163 Å². The molecule has 2 aromatic carbocycles. The predicted molar refractivity (Wildman–Crippen MR) is 108 cm³/mol. The van der Waals surface area contributed by atoms with Crippen LogP contribution in [-0.2, 0) is 13.6 Å². The Morgan fingerprint density at radius 1 is 1.04 bits per heavy atom. The number of carbonyl (C=O) groups excluding carboxylic acids is 1. The van der Waals surface area contributed by atoms with E-state index in [-0.39, 0.29) is 5.91 Å². The van der Waals surface area contributed by atoms with Crippen LogP contribution in [0.5, 0.6) is 0 Å². The van der Waals surface area contributed by atoms with Crippen molar-refractivity contribution in [2.75, 3.05) is 0 Å². The molecule has 0 atom stereocenters. The van der Waals surface area contributed by atoms with Gasteiger partial charge in [0.05, 0.1) is 23.5 Å². The monoisotopic (exact) mass is 371 g/mol. The Kier molecular flexibility index (Phi) is 4.76. The van der Waals surface area contributed by atoms with Crippen LogP contribution in [0.25, 0.3) is 16.9 Å². The maximum Gasteiger partial charge on any atom is 0.255 e. The third-order valence-electron chi connectivity index (χ3n) is 4.72. The van der Waals surface area contributed by atoms with Crippen LogP contribution in [0.3, 0.4) is 0 Å². The van der Waals surface area contributed by atoms with Gasteiger partial charge in [0, 0.05) is 25.0 Å². The molecule has 28 heavy (non-hydrogen) atoms. The average molecular weight is 371 g/mol. The molecule has 1 amide bonds. The number of benzene rings is 2. The molecule has 140 valence electrons. The Morgan fingerprint density at radius 3 is 2.36 bits per heavy atom. The van der Waals surface area contributed by atoms with Gasteiger partial charge in [-0.25, -0.2) is 9.67 Å². The van der Waals surface area contributed by atoms with Gasteiger partial charge in [0.15, 0.2) is 0 Å². The van der Waals surface area contributed by atoms with E-state index in [0.717, 1.165) is 22.8 Å². The summed E-state index contributed by atoms with van der Waals surface area (Å²) in [6.45, 7) is 2.27. The van der Waals surface area contributed by atoms with Gasteiger partial charge >= 0.3 is 0 Å². The second-order valence-corrected chi connectivity index (χ2v) is 6.56. The zero-order valence-corrected chi connectivity index (χ0v) is 15.8. The highest BCUT2D eigenvalue weighted by Crippen LogP contribution is 2.27. The lowest BCUT2D eigenvalue weighted by Gasteiger charge is -2.07. The molecule has 0 fully saturated rings. The summed E-state index contributed by atoms with van der Waals surface area (Å²) in [7, 11) is 1.91. The number of amides is 1. The van der Waals surface area contributed by atoms with Crippen LogP contribution in [0.2, 0.25) is 0 Å².